The van der Waals surface area contributed by atoms with Crippen molar-refractivity contribution in [1.82, 2.24) is 15.2 Å². The van der Waals surface area contributed by atoms with E-state index in [0.717, 1.165) is 24.3 Å². The number of aromatic nitrogens is 3. The number of thioether (sulfide) groups is 1. The van der Waals surface area contributed by atoms with Gasteiger partial charge in [0.15, 0.2) is 0 Å². The van der Waals surface area contributed by atoms with E-state index in [1.807, 2.05) is 18.2 Å². The molecule has 3 aromatic rings. The molecular formula is C19H18ClN5O3S. The van der Waals surface area contributed by atoms with Crippen LogP contribution >= 0.6 is 23.4 Å². The van der Waals surface area contributed by atoms with Crippen molar-refractivity contribution in [3.8, 4) is 11.5 Å². The quantitative estimate of drug-likeness (QED) is 0.594. The van der Waals surface area contributed by atoms with E-state index in [-0.39, 0.29) is 11.7 Å². The number of pyridine rings is 1. The first kappa shape index (κ1) is 19.7. The van der Waals surface area contributed by atoms with Crippen LogP contribution in [0, 0.1) is 0 Å². The van der Waals surface area contributed by atoms with E-state index in [1.54, 1.807) is 24.5 Å². The normalized spacial score (nSPS) is 14.0. The van der Waals surface area contributed by atoms with Crippen LogP contribution < -0.4 is 10.2 Å². The predicted molar refractivity (Wildman–Crippen MR) is 111 cm³/mol. The van der Waals surface area contributed by atoms with Gasteiger partial charge >= 0.3 is 0 Å². The molecule has 0 bridgehead atoms. The number of carbonyl (C=O) groups is 1. The van der Waals surface area contributed by atoms with Crippen LogP contribution in [0.1, 0.15) is 0 Å². The zero-order chi connectivity index (χ0) is 20.1. The molecule has 1 aliphatic heterocycles. The van der Waals surface area contributed by atoms with Crippen LogP contribution in [0.4, 0.5) is 11.4 Å². The third-order valence-corrected chi connectivity index (χ3v) is 5.37. The summed E-state index contributed by atoms with van der Waals surface area (Å²) in [5.41, 5.74) is 2.26. The molecule has 4 rings (SSSR count). The molecule has 3 heterocycles. The summed E-state index contributed by atoms with van der Waals surface area (Å²) in [4.78, 5) is 18.6. The second-order valence-corrected chi connectivity index (χ2v) is 7.52. The number of morpholine rings is 1. The fraction of sp³-hybridized carbons (Fsp3) is 0.263. The average molecular weight is 432 g/mol. The lowest BCUT2D eigenvalue weighted by Gasteiger charge is -2.31. The largest absolute Gasteiger partial charge is 0.411 e. The Morgan fingerprint density at radius 3 is 2.76 bits per heavy atom. The Balaban J connectivity index is 1.39. The molecule has 0 radical (unpaired) electrons. The molecular weight excluding hydrogens is 414 g/mol. The number of hydrogen-bond donors (Lipinski definition) is 1. The van der Waals surface area contributed by atoms with E-state index >= 15 is 0 Å². The number of ether oxygens (including phenoxy) is 1. The highest BCUT2D eigenvalue weighted by Gasteiger charge is 2.19. The first-order chi connectivity index (χ1) is 14.2. The number of benzene rings is 1. The van der Waals surface area contributed by atoms with Crippen LogP contribution in [0.3, 0.4) is 0 Å². The molecule has 29 heavy (non-hydrogen) atoms. The van der Waals surface area contributed by atoms with Crippen LogP contribution in [0.25, 0.3) is 11.5 Å². The van der Waals surface area contributed by atoms with Gasteiger partial charge in [0.2, 0.25) is 11.8 Å². The van der Waals surface area contributed by atoms with Crippen LogP contribution in [0.15, 0.2) is 52.4 Å². The van der Waals surface area contributed by atoms with Gasteiger partial charge in [-0.05, 0) is 24.3 Å². The Bertz CT molecular complexity index is 979. The van der Waals surface area contributed by atoms with Gasteiger partial charge in [-0.15, -0.1) is 10.2 Å². The van der Waals surface area contributed by atoms with Crippen molar-refractivity contribution >= 4 is 40.6 Å². The number of halogens is 1. The highest BCUT2D eigenvalue weighted by molar-refractivity contribution is 7.99. The second-order valence-electron chi connectivity index (χ2n) is 6.18. The molecule has 1 fully saturated rings. The summed E-state index contributed by atoms with van der Waals surface area (Å²) in [5.74, 6) is 0.336. The van der Waals surface area contributed by atoms with Crippen molar-refractivity contribution in [2.24, 2.45) is 0 Å². The molecule has 1 aromatic carbocycles. The third-order valence-electron chi connectivity index (χ3n) is 4.25. The van der Waals surface area contributed by atoms with E-state index in [9.17, 15) is 4.79 Å². The van der Waals surface area contributed by atoms with E-state index in [0.29, 0.717) is 35.0 Å². The summed E-state index contributed by atoms with van der Waals surface area (Å²) in [5, 5.41) is 11.8. The van der Waals surface area contributed by atoms with Crippen molar-refractivity contribution in [2.45, 2.75) is 5.22 Å². The number of carbonyl (C=O) groups excluding carboxylic acids is 1. The smallest absolute Gasteiger partial charge is 0.277 e. The number of nitrogens with one attached hydrogen (secondary N) is 1. The zero-order valence-electron chi connectivity index (χ0n) is 15.4. The van der Waals surface area contributed by atoms with Crippen molar-refractivity contribution in [1.29, 1.82) is 0 Å². The SMILES string of the molecule is O=C(CSc1nnc(-c2ccncc2)o1)Nc1cccc(Cl)c1N1CCOCC1. The summed E-state index contributed by atoms with van der Waals surface area (Å²) in [6.45, 7) is 2.71. The summed E-state index contributed by atoms with van der Waals surface area (Å²) in [7, 11) is 0. The summed E-state index contributed by atoms with van der Waals surface area (Å²) in [6, 6.07) is 9.03. The molecule has 0 unspecified atom stereocenters. The fourth-order valence-corrected chi connectivity index (χ4v) is 3.77. The highest BCUT2D eigenvalue weighted by Crippen LogP contribution is 2.34. The van der Waals surface area contributed by atoms with Crippen molar-refractivity contribution in [2.75, 3.05) is 42.3 Å². The molecule has 2 aromatic heterocycles. The highest BCUT2D eigenvalue weighted by atomic mass is 35.5. The Labute approximate surface area is 176 Å². The molecule has 0 saturated carbocycles. The number of nitrogens with zero attached hydrogens (tertiary/aromatic N) is 4. The lowest BCUT2D eigenvalue weighted by molar-refractivity contribution is -0.113. The maximum Gasteiger partial charge on any atom is 0.277 e. The summed E-state index contributed by atoms with van der Waals surface area (Å²) < 4.78 is 11.0. The minimum absolute atomic E-state index is 0.132. The predicted octanol–water partition coefficient (Wildman–Crippen LogP) is 3.35. The monoisotopic (exact) mass is 431 g/mol. The first-order valence-corrected chi connectivity index (χ1v) is 10.3. The van der Waals surface area contributed by atoms with Crippen LogP contribution in [0.5, 0.6) is 0 Å². The lowest BCUT2D eigenvalue weighted by Crippen LogP contribution is -2.37. The maximum absolute atomic E-state index is 12.5. The second kappa shape index (κ2) is 9.25. The molecule has 1 aliphatic rings. The van der Waals surface area contributed by atoms with Crippen LogP contribution in [-0.2, 0) is 9.53 Å². The average Bonchev–Trinajstić information content (AvgIpc) is 3.23. The van der Waals surface area contributed by atoms with E-state index < -0.39 is 0 Å². The molecule has 1 saturated heterocycles. The van der Waals surface area contributed by atoms with Crippen molar-refractivity contribution in [3.05, 3.63) is 47.7 Å². The van der Waals surface area contributed by atoms with Gasteiger partial charge < -0.3 is 19.4 Å². The van der Waals surface area contributed by atoms with Crippen molar-refractivity contribution < 1.29 is 13.9 Å². The number of para-hydroxylation sites is 1. The number of hydrogen-bond acceptors (Lipinski definition) is 8. The fourth-order valence-electron chi connectivity index (χ4n) is 2.92. The number of amides is 1. The minimum Gasteiger partial charge on any atom is -0.411 e. The summed E-state index contributed by atoms with van der Waals surface area (Å²) in [6.07, 6.45) is 3.30. The van der Waals surface area contributed by atoms with Gasteiger partial charge in [0.1, 0.15) is 0 Å². The van der Waals surface area contributed by atoms with Gasteiger partial charge in [-0.2, -0.15) is 0 Å². The Kier molecular flexibility index (Phi) is 6.28. The van der Waals surface area contributed by atoms with Gasteiger partial charge in [0, 0.05) is 31.0 Å². The van der Waals surface area contributed by atoms with E-state index in [1.165, 1.54) is 11.8 Å². The van der Waals surface area contributed by atoms with Crippen LogP contribution in [-0.4, -0.2) is 53.1 Å². The van der Waals surface area contributed by atoms with E-state index in [4.69, 9.17) is 20.8 Å². The standard InChI is InChI=1S/C19H18ClN5O3S/c20-14-2-1-3-15(17(14)25-8-10-27-11-9-25)22-16(26)12-29-19-24-23-18(28-19)13-4-6-21-7-5-13/h1-7H,8-12H2,(H,22,26). The molecule has 0 atom stereocenters. The molecule has 1 amide bonds. The first-order valence-electron chi connectivity index (χ1n) is 8.98. The maximum atomic E-state index is 12.5. The molecule has 8 nitrogen and oxygen atoms in total. The topological polar surface area (TPSA) is 93.4 Å². The Morgan fingerprint density at radius 2 is 1.97 bits per heavy atom. The molecule has 10 heteroatoms. The third kappa shape index (κ3) is 4.87. The minimum atomic E-state index is -0.185. The Morgan fingerprint density at radius 1 is 1.17 bits per heavy atom. The summed E-state index contributed by atoms with van der Waals surface area (Å²) >= 11 is 7.58. The molecule has 0 aliphatic carbocycles. The van der Waals surface area contributed by atoms with Gasteiger partial charge in [0.25, 0.3) is 5.22 Å². The zero-order valence-corrected chi connectivity index (χ0v) is 16.9. The van der Waals surface area contributed by atoms with Crippen LogP contribution in [0.2, 0.25) is 5.02 Å². The van der Waals surface area contributed by atoms with Crippen molar-refractivity contribution in [3.63, 3.8) is 0 Å². The van der Waals surface area contributed by atoms with Gasteiger partial charge in [0.05, 0.1) is 35.4 Å². The van der Waals surface area contributed by atoms with Gasteiger partial charge in [-0.25, -0.2) is 0 Å². The number of anilines is 2. The van der Waals surface area contributed by atoms with Gasteiger partial charge in [-0.1, -0.05) is 29.4 Å². The van der Waals surface area contributed by atoms with E-state index in [2.05, 4.69) is 25.4 Å². The lowest BCUT2D eigenvalue weighted by atomic mass is 10.2. The molecule has 1 N–H and O–H groups in total. The number of rotatable bonds is 6. The molecule has 150 valence electrons. The Hall–Kier alpha value is -2.62. The molecule has 0 spiro atoms. The van der Waals surface area contributed by atoms with Gasteiger partial charge in [-0.3, -0.25) is 9.78 Å².